The lowest BCUT2D eigenvalue weighted by Gasteiger charge is -2.09. The lowest BCUT2D eigenvalue weighted by atomic mass is 10.0. The molecule has 0 aliphatic carbocycles. The van der Waals surface area contributed by atoms with Gasteiger partial charge in [-0.05, 0) is 18.9 Å². The molecule has 28 heavy (non-hydrogen) atoms. The van der Waals surface area contributed by atoms with Gasteiger partial charge in [-0.2, -0.15) is 0 Å². The minimum atomic E-state index is -0.208. The SMILES string of the molecule is CC(=O)NCCc1ccc(C(=O)[C@@H](C)Sc2nc(-c3ccccc3)cs2)cc1. The van der Waals surface area contributed by atoms with Crippen molar-refractivity contribution in [2.75, 3.05) is 6.54 Å². The first kappa shape index (κ1) is 20.3. The van der Waals surface area contributed by atoms with Gasteiger partial charge < -0.3 is 5.32 Å². The molecule has 0 aliphatic rings. The third-order valence-electron chi connectivity index (χ3n) is 4.23. The van der Waals surface area contributed by atoms with E-state index < -0.39 is 0 Å². The van der Waals surface area contributed by atoms with Crippen molar-refractivity contribution in [1.82, 2.24) is 10.3 Å². The fourth-order valence-electron chi connectivity index (χ4n) is 2.71. The van der Waals surface area contributed by atoms with E-state index in [-0.39, 0.29) is 16.9 Å². The molecular weight excluding hydrogens is 388 g/mol. The van der Waals surface area contributed by atoms with Gasteiger partial charge in [-0.3, -0.25) is 9.59 Å². The van der Waals surface area contributed by atoms with Crippen LogP contribution in [0.2, 0.25) is 0 Å². The zero-order chi connectivity index (χ0) is 19.9. The van der Waals surface area contributed by atoms with Gasteiger partial charge in [0.2, 0.25) is 5.91 Å². The Bertz CT molecular complexity index is 937. The van der Waals surface area contributed by atoms with E-state index in [1.165, 1.54) is 18.7 Å². The minimum Gasteiger partial charge on any atom is -0.356 e. The van der Waals surface area contributed by atoms with Crippen LogP contribution < -0.4 is 5.32 Å². The largest absolute Gasteiger partial charge is 0.356 e. The summed E-state index contributed by atoms with van der Waals surface area (Å²) in [5.74, 6) is 0.0603. The Hall–Kier alpha value is -2.44. The summed E-state index contributed by atoms with van der Waals surface area (Å²) in [6, 6.07) is 17.7. The van der Waals surface area contributed by atoms with E-state index >= 15 is 0 Å². The van der Waals surface area contributed by atoms with Crippen molar-refractivity contribution in [2.45, 2.75) is 29.9 Å². The Balaban J connectivity index is 1.58. The Kier molecular flexibility index (Phi) is 7.01. The average Bonchev–Trinajstić information content (AvgIpc) is 3.17. The molecule has 0 spiro atoms. The summed E-state index contributed by atoms with van der Waals surface area (Å²) in [5, 5.41) is 4.59. The molecule has 144 valence electrons. The normalized spacial score (nSPS) is 11.8. The summed E-state index contributed by atoms with van der Waals surface area (Å²) < 4.78 is 0.895. The van der Waals surface area contributed by atoms with Crippen LogP contribution in [-0.2, 0) is 11.2 Å². The van der Waals surface area contributed by atoms with Crippen molar-refractivity contribution in [3.05, 3.63) is 71.1 Å². The van der Waals surface area contributed by atoms with Crippen LogP contribution in [0.15, 0.2) is 64.3 Å². The fraction of sp³-hybridized carbons (Fsp3) is 0.227. The van der Waals surface area contributed by atoms with E-state index in [1.807, 2.05) is 66.9 Å². The summed E-state index contributed by atoms with van der Waals surface area (Å²) in [4.78, 5) is 28.3. The second-order valence-electron chi connectivity index (χ2n) is 6.42. The number of rotatable bonds is 8. The molecule has 4 nitrogen and oxygen atoms in total. The van der Waals surface area contributed by atoms with Crippen molar-refractivity contribution in [2.24, 2.45) is 0 Å². The molecule has 0 fully saturated rings. The number of nitrogens with one attached hydrogen (secondary N) is 1. The molecule has 1 amide bonds. The maximum absolute atomic E-state index is 12.7. The minimum absolute atomic E-state index is 0.0322. The van der Waals surface area contributed by atoms with Crippen LogP contribution >= 0.6 is 23.1 Å². The second kappa shape index (κ2) is 9.66. The molecule has 1 heterocycles. The molecule has 0 saturated heterocycles. The highest BCUT2D eigenvalue weighted by Gasteiger charge is 2.18. The number of aromatic nitrogens is 1. The molecule has 1 atom stereocenters. The van der Waals surface area contributed by atoms with Crippen molar-refractivity contribution in [1.29, 1.82) is 0 Å². The highest BCUT2D eigenvalue weighted by molar-refractivity contribution is 8.02. The van der Waals surface area contributed by atoms with Gasteiger partial charge in [0.1, 0.15) is 0 Å². The molecule has 0 saturated carbocycles. The van der Waals surface area contributed by atoms with Crippen molar-refractivity contribution < 1.29 is 9.59 Å². The number of carbonyl (C=O) groups excluding carboxylic acids is 2. The third kappa shape index (κ3) is 5.53. The third-order valence-corrected chi connectivity index (χ3v) is 6.30. The zero-order valence-corrected chi connectivity index (χ0v) is 17.5. The smallest absolute Gasteiger partial charge is 0.216 e. The lowest BCUT2D eigenvalue weighted by molar-refractivity contribution is -0.118. The standard InChI is InChI=1S/C22H22N2O2S2/c1-15(28-22-24-20(14-27-22)18-6-4-3-5-7-18)21(26)19-10-8-17(9-11-19)12-13-23-16(2)25/h3-11,14-15H,12-13H2,1-2H3,(H,23,25)/t15-/m1/s1. The molecular formula is C22H22N2O2S2. The van der Waals surface area contributed by atoms with E-state index in [1.54, 1.807) is 11.3 Å². The first-order valence-electron chi connectivity index (χ1n) is 9.08. The van der Waals surface area contributed by atoms with Gasteiger partial charge in [0.05, 0.1) is 10.9 Å². The Morgan fingerprint density at radius 1 is 1.11 bits per heavy atom. The van der Waals surface area contributed by atoms with Crippen molar-refractivity contribution >= 4 is 34.8 Å². The number of thioether (sulfide) groups is 1. The number of nitrogens with zero attached hydrogens (tertiary/aromatic N) is 1. The van der Waals surface area contributed by atoms with E-state index in [0.717, 1.165) is 27.6 Å². The molecule has 0 bridgehead atoms. The van der Waals surface area contributed by atoms with Gasteiger partial charge >= 0.3 is 0 Å². The number of thiazole rings is 1. The predicted octanol–water partition coefficient (Wildman–Crippen LogP) is 4.85. The van der Waals surface area contributed by atoms with E-state index in [0.29, 0.717) is 12.1 Å². The molecule has 6 heteroatoms. The highest BCUT2D eigenvalue weighted by atomic mass is 32.2. The number of ketones is 1. The van der Waals surface area contributed by atoms with E-state index in [9.17, 15) is 9.59 Å². The average molecular weight is 411 g/mol. The number of amides is 1. The molecule has 3 aromatic rings. The van der Waals surface area contributed by atoms with Crippen LogP contribution in [0.4, 0.5) is 0 Å². The summed E-state index contributed by atoms with van der Waals surface area (Å²) in [6.07, 6.45) is 0.750. The molecule has 0 aliphatic heterocycles. The summed E-state index contributed by atoms with van der Waals surface area (Å²) in [7, 11) is 0. The van der Waals surface area contributed by atoms with Crippen molar-refractivity contribution in [3.63, 3.8) is 0 Å². The summed E-state index contributed by atoms with van der Waals surface area (Å²) in [5.41, 5.74) is 3.82. The maximum atomic E-state index is 12.7. The van der Waals surface area contributed by atoms with E-state index in [2.05, 4.69) is 10.3 Å². The number of Topliss-reactive ketones (excluding diaryl/α,β-unsaturated/α-hetero) is 1. The van der Waals surface area contributed by atoms with E-state index in [4.69, 9.17) is 0 Å². The van der Waals surface area contributed by atoms with Crippen LogP contribution in [0.25, 0.3) is 11.3 Å². The van der Waals surface area contributed by atoms with Gasteiger partial charge in [-0.25, -0.2) is 4.98 Å². The summed E-state index contributed by atoms with van der Waals surface area (Å²) in [6.45, 7) is 4.02. The quantitative estimate of drug-likeness (QED) is 0.426. The number of hydrogen-bond donors (Lipinski definition) is 1. The highest BCUT2D eigenvalue weighted by Crippen LogP contribution is 2.31. The van der Waals surface area contributed by atoms with Crippen LogP contribution in [0.1, 0.15) is 29.8 Å². The zero-order valence-electron chi connectivity index (χ0n) is 15.8. The first-order valence-corrected chi connectivity index (χ1v) is 10.8. The Morgan fingerprint density at radius 2 is 1.82 bits per heavy atom. The molecule has 0 unspecified atom stereocenters. The molecule has 1 aromatic heterocycles. The van der Waals surface area contributed by atoms with Gasteiger partial charge in [0.15, 0.2) is 10.1 Å². The molecule has 3 rings (SSSR count). The van der Waals surface area contributed by atoms with Crippen molar-refractivity contribution in [3.8, 4) is 11.3 Å². The molecule has 0 radical (unpaired) electrons. The number of carbonyl (C=O) groups is 2. The van der Waals surface area contributed by atoms with Gasteiger partial charge in [0.25, 0.3) is 0 Å². The number of benzene rings is 2. The van der Waals surface area contributed by atoms with Crippen LogP contribution in [0, 0.1) is 0 Å². The van der Waals surface area contributed by atoms with Crippen LogP contribution in [-0.4, -0.2) is 28.5 Å². The Labute approximate surface area is 173 Å². The number of hydrogen-bond acceptors (Lipinski definition) is 5. The van der Waals surface area contributed by atoms with Crippen LogP contribution in [0.3, 0.4) is 0 Å². The fourth-order valence-corrected chi connectivity index (χ4v) is 4.76. The lowest BCUT2D eigenvalue weighted by Crippen LogP contribution is -2.22. The molecule has 1 N–H and O–H groups in total. The maximum Gasteiger partial charge on any atom is 0.216 e. The van der Waals surface area contributed by atoms with Gasteiger partial charge in [-0.1, -0.05) is 66.4 Å². The molecule has 2 aromatic carbocycles. The summed E-state index contributed by atoms with van der Waals surface area (Å²) >= 11 is 3.06. The topological polar surface area (TPSA) is 59.1 Å². The predicted molar refractivity (Wildman–Crippen MR) is 116 cm³/mol. The second-order valence-corrected chi connectivity index (χ2v) is 8.86. The monoisotopic (exact) mass is 410 g/mol. The van der Waals surface area contributed by atoms with Gasteiger partial charge in [-0.15, -0.1) is 11.3 Å². The first-order chi connectivity index (χ1) is 13.5. The Morgan fingerprint density at radius 3 is 2.50 bits per heavy atom. The van der Waals surface area contributed by atoms with Crippen LogP contribution in [0.5, 0.6) is 0 Å². The van der Waals surface area contributed by atoms with Gasteiger partial charge in [0, 0.05) is 30.0 Å².